The van der Waals surface area contributed by atoms with Gasteiger partial charge in [0.1, 0.15) is 11.6 Å². The van der Waals surface area contributed by atoms with Gasteiger partial charge in [-0.1, -0.05) is 24.3 Å². The smallest absolute Gasteiger partial charge is 0.476 e. The molecule has 1 saturated carbocycles. The molecule has 2 aromatic heterocycles. The number of imidazole rings is 1. The molecule has 12 heteroatoms. The van der Waals surface area contributed by atoms with E-state index >= 15 is 0 Å². The van der Waals surface area contributed by atoms with Crippen LogP contribution in [-0.4, -0.2) is 56.9 Å². The normalized spacial score (nSPS) is 20.6. The van der Waals surface area contributed by atoms with Gasteiger partial charge in [0, 0.05) is 25.0 Å². The molecule has 2 atom stereocenters. The first kappa shape index (κ1) is 26.1. The maximum atomic E-state index is 12.3. The zero-order valence-corrected chi connectivity index (χ0v) is 21.0. The van der Waals surface area contributed by atoms with E-state index in [-0.39, 0.29) is 11.4 Å². The molecule has 3 heterocycles. The Morgan fingerprint density at radius 3 is 2.63 bits per heavy atom. The molecule has 200 valence electrons. The third-order valence-corrected chi connectivity index (χ3v) is 7.34. The molecule has 38 heavy (non-hydrogen) atoms. The van der Waals surface area contributed by atoms with Gasteiger partial charge in [0.15, 0.2) is 5.69 Å². The minimum atomic E-state index is -4.66. The van der Waals surface area contributed by atoms with Crippen LogP contribution in [0.3, 0.4) is 0 Å². The largest absolute Gasteiger partial charge is 0.573 e. The number of hydrogen-bond acceptors (Lipinski definition) is 7. The summed E-state index contributed by atoms with van der Waals surface area (Å²) in [5, 5.41) is 13.1. The molecule has 8 nitrogen and oxygen atoms in total. The lowest BCUT2D eigenvalue weighted by Crippen LogP contribution is -2.27. The van der Waals surface area contributed by atoms with Crippen LogP contribution >= 0.6 is 11.3 Å². The average molecular weight is 546 g/mol. The molecule has 6 rings (SSSR count). The number of alkyl halides is 3. The summed E-state index contributed by atoms with van der Waals surface area (Å²) in [5.74, 6) is 1.90. The van der Waals surface area contributed by atoms with Crippen LogP contribution in [0.15, 0.2) is 59.4 Å². The summed E-state index contributed by atoms with van der Waals surface area (Å²) in [6.07, 6.45) is -4.66. The summed E-state index contributed by atoms with van der Waals surface area (Å²) < 4.78 is 41.0. The van der Waals surface area contributed by atoms with Crippen molar-refractivity contribution in [2.45, 2.75) is 19.5 Å². The van der Waals surface area contributed by atoms with Gasteiger partial charge in [-0.15, -0.1) is 24.5 Å². The van der Waals surface area contributed by atoms with E-state index in [0.29, 0.717) is 24.3 Å². The number of aromatic nitrogens is 3. The number of H-pyrrole nitrogens is 1. The summed E-state index contributed by atoms with van der Waals surface area (Å²) in [6, 6.07) is 14.2. The van der Waals surface area contributed by atoms with Crippen molar-refractivity contribution in [1.82, 2.24) is 25.2 Å². The number of nitrogens with one attached hydrogen (secondary N) is 2. The van der Waals surface area contributed by atoms with E-state index in [1.54, 1.807) is 12.1 Å². The van der Waals surface area contributed by atoms with Gasteiger partial charge in [0.05, 0.1) is 23.1 Å². The predicted octanol–water partition coefficient (Wildman–Crippen LogP) is 4.77. The fourth-order valence-corrected chi connectivity index (χ4v) is 5.54. The maximum absolute atomic E-state index is 12.3. The lowest BCUT2D eigenvalue weighted by molar-refractivity contribution is -0.274. The van der Waals surface area contributed by atoms with Gasteiger partial charge in [-0.25, -0.2) is 14.8 Å². The number of likely N-dealkylation sites (tertiary alicyclic amines) is 1. The Kier molecular flexibility index (Phi) is 7.63. The number of hydrogen-bond donors (Lipinski definition) is 3. The van der Waals surface area contributed by atoms with E-state index in [1.807, 2.05) is 24.3 Å². The highest BCUT2D eigenvalue weighted by atomic mass is 32.1. The molecule has 0 radical (unpaired) electrons. The number of carboxylic acid groups (broad SMARTS) is 1. The SMILES string of the molecule is FC(F)(F)Oc1cccc(CNCC2C3CN(Cc4nc5ccccc5[nH]4)CC23)c1.O=C(O)c1cscn1. The molecule has 3 N–H and O–H groups in total. The Hall–Kier alpha value is -3.48. The van der Waals surface area contributed by atoms with Crippen LogP contribution in [0.25, 0.3) is 11.0 Å². The summed E-state index contributed by atoms with van der Waals surface area (Å²) in [7, 11) is 0. The number of aromatic carboxylic acids is 1. The Morgan fingerprint density at radius 1 is 1.18 bits per heavy atom. The molecule has 2 aromatic carbocycles. The Labute approximate surface area is 220 Å². The third kappa shape index (κ3) is 6.69. The number of para-hydroxylation sites is 2. The number of halogens is 3. The number of fused-ring (bicyclic) bond motifs is 2. The molecular weight excluding hydrogens is 519 g/mol. The van der Waals surface area contributed by atoms with Crippen LogP contribution in [0, 0.1) is 17.8 Å². The molecule has 2 fully saturated rings. The number of benzene rings is 2. The molecule has 0 spiro atoms. The predicted molar refractivity (Wildman–Crippen MR) is 136 cm³/mol. The van der Waals surface area contributed by atoms with Gasteiger partial charge in [-0.2, -0.15) is 0 Å². The first-order valence-electron chi connectivity index (χ1n) is 12.1. The van der Waals surface area contributed by atoms with Crippen molar-refractivity contribution in [3.63, 3.8) is 0 Å². The Balaban J connectivity index is 0.000000316. The number of aromatic amines is 1. The summed E-state index contributed by atoms with van der Waals surface area (Å²) in [5.41, 5.74) is 4.47. The van der Waals surface area contributed by atoms with Gasteiger partial charge in [-0.05, 0) is 54.1 Å². The number of thiazole rings is 1. The molecule has 1 aliphatic carbocycles. The van der Waals surface area contributed by atoms with Crippen LogP contribution < -0.4 is 10.1 Å². The van der Waals surface area contributed by atoms with Crippen molar-refractivity contribution in [3.8, 4) is 5.75 Å². The van der Waals surface area contributed by atoms with Crippen LogP contribution in [0.4, 0.5) is 13.2 Å². The highest BCUT2D eigenvalue weighted by Gasteiger charge is 2.54. The Morgan fingerprint density at radius 2 is 1.97 bits per heavy atom. The number of rotatable bonds is 8. The molecule has 0 bridgehead atoms. The molecule has 1 aliphatic heterocycles. The van der Waals surface area contributed by atoms with Crippen LogP contribution in [0.5, 0.6) is 5.75 Å². The molecule has 2 aliphatic rings. The number of ether oxygens (including phenoxy) is 1. The number of piperidine rings is 1. The monoisotopic (exact) mass is 545 g/mol. The first-order valence-corrected chi connectivity index (χ1v) is 13.0. The number of carbonyl (C=O) groups is 1. The average Bonchev–Trinajstić information content (AvgIpc) is 3.36. The van der Waals surface area contributed by atoms with Crippen molar-refractivity contribution in [3.05, 3.63) is 76.5 Å². The van der Waals surface area contributed by atoms with E-state index in [2.05, 4.69) is 29.9 Å². The van der Waals surface area contributed by atoms with Crippen LogP contribution in [0.2, 0.25) is 0 Å². The summed E-state index contributed by atoms with van der Waals surface area (Å²) in [6.45, 7) is 4.41. The zero-order valence-electron chi connectivity index (χ0n) is 20.2. The van der Waals surface area contributed by atoms with E-state index in [0.717, 1.165) is 48.6 Å². The van der Waals surface area contributed by atoms with Crippen molar-refractivity contribution in [2.75, 3.05) is 19.6 Å². The van der Waals surface area contributed by atoms with Crippen molar-refractivity contribution in [1.29, 1.82) is 0 Å². The van der Waals surface area contributed by atoms with Gasteiger partial charge in [0.25, 0.3) is 0 Å². The van der Waals surface area contributed by atoms with Gasteiger partial charge in [-0.3, -0.25) is 4.90 Å². The molecular formula is C26H26F3N5O3S. The fraction of sp³-hybridized carbons (Fsp3) is 0.346. The highest BCUT2D eigenvalue weighted by molar-refractivity contribution is 7.07. The second kappa shape index (κ2) is 11.1. The second-order valence-corrected chi connectivity index (χ2v) is 10.1. The number of carboxylic acids is 1. The van der Waals surface area contributed by atoms with E-state index < -0.39 is 12.3 Å². The summed E-state index contributed by atoms with van der Waals surface area (Å²) >= 11 is 1.28. The second-order valence-electron chi connectivity index (χ2n) is 9.39. The maximum Gasteiger partial charge on any atom is 0.573 e. The van der Waals surface area contributed by atoms with E-state index in [4.69, 9.17) is 5.11 Å². The fourth-order valence-electron chi connectivity index (χ4n) is 5.01. The van der Waals surface area contributed by atoms with Crippen LogP contribution in [0.1, 0.15) is 21.9 Å². The van der Waals surface area contributed by atoms with Crippen LogP contribution in [-0.2, 0) is 13.1 Å². The molecule has 2 unspecified atom stereocenters. The van der Waals surface area contributed by atoms with Crippen molar-refractivity contribution >= 4 is 28.3 Å². The standard InChI is InChI=1S/C22H23F3N4O.C4H3NO2S/c23-22(24,25)30-15-5-3-4-14(8-15)9-26-10-16-17-11-29(12-18(16)17)13-21-27-19-6-1-2-7-20(19)28-21;6-4(7)3-1-8-2-5-3/h1-8,16-18,26H,9-13H2,(H,27,28);1-2H,(H,6,7). The summed E-state index contributed by atoms with van der Waals surface area (Å²) in [4.78, 5) is 24.0. The quantitative estimate of drug-likeness (QED) is 0.293. The van der Waals surface area contributed by atoms with Gasteiger partial charge >= 0.3 is 12.3 Å². The minimum absolute atomic E-state index is 0.120. The topological polar surface area (TPSA) is 103 Å². The molecule has 4 aromatic rings. The van der Waals surface area contributed by atoms with Crippen molar-refractivity contribution in [2.24, 2.45) is 17.8 Å². The van der Waals surface area contributed by atoms with Gasteiger partial charge in [0.2, 0.25) is 0 Å². The first-order chi connectivity index (χ1) is 18.2. The molecule has 1 saturated heterocycles. The van der Waals surface area contributed by atoms with E-state index in [9.17, 15) is 18.0 Å². The number of nitrogens with zero attached hydrogens (tertiary/aromatic N) is 3. The zero-order chi connectivity index (χ0) is 26.7. The van der Waals surface area contributed by atoms with Gasteiger partial charge < -0.3 is 20.1 Å². The van der Waals surface area contributed by atoms with Crippen molar-refractivity contribution < 1.29 is 27.8 Å². The lowest BCUT2D eigenvalue weighted by Gasteiger charge is -2.18. The Bertz CT molecular complexity index is 1330. The lowest BCUT2D eigenvalue weighted by atomic mass is 10.2. The molecule has 0 amide bonds. The van der Waals surface area contributed by atoms with E-state index in [1.165, 1.54) is 34.4 Å². The highest BCUT2D eigenvalue weighted by Crippen LogP contribution is 2.51. The third-order valence-electron chi connectivity index (χ3n) is 6.75. The minimum Gasteiger partial charge on any atom is -0.476 e.